The quantitative estimate of drug-likeness (QED) is 0.0941. The van der Waals surface area contributed by atoms with Gasteiger partial charge in [0.1, 0.15) is 5.69 Å². The van der Waals surface area contributed by atoms with Gasteiger partial charge in [-0.3, -0.25) is 9.48 Å². The summed E-state index contributed by atoms with van der Waals surface area (Å²) in [6, 6.07) is 3.83. The summed E-state index contributed by atoms with van der Waals surface area (Å²) in [4.78, 5) is 25.3. The fraction of sp³-hybridized carbons (Fsp3) is 0.594. The van der Waals surface area contributed by atoms with E-state index < -0.39 is 14.3 Å². The number of rotatable bonds is 15. The normalized spacial score (nSPS) is 12.3. The van der Waals surface area contributed by atoms with Crippen LogP contribution in [-0.2, 0) is 42.3 Å². The Bertz CT molecular complexity index is 1480. The van der Waals surface area contributed by atoms with Crippen molar-refractivity contribution in [1.29, 1.82) is 0 Å². The Morgan fingerprint density at radius 3 is 2.34 bits per heavy atom. The number of hydrogen-bond donors (Lipinski definition) is 0. The first kappa shape index (κ1) is 36.3. The van der Waals surface area contributed by atoms with Gasteiger partial charge < -0.3 is 23.2 Å². The average Bonchev–Trinajstić information content (AvgIpc) is 3.41. The van der Waals surface area contributed by atoms with Crippen molar-refractivity contribution in [1.82, 2.24) is 14.3 Å². The number of benzene rings is 1. The molecule has 0 aliphatic rings. The van der Waals surface area contributed by atoms with Crippen molar-refractivity contribution >= 4 is 53.7 Å². The lowest BCUT2D eigenvalue weighted by molar-refractivity contribution is -0.109. The van der Waals surface area contributed by atoms with Gasteiger partial charge in [0.2, 0.25) is 0 Å². The smallest absolute Gasteiger partial charge is 0.354 e. The van der Waals surface area contributed by atoms with Gasteiger partial charge >= 0.3 is 5.97 Å². The number of methoxy groups -OCH3 is 2. The van der Waals surface area contributed by atoms with Crippen LogP contribution >= 0.6 is 23.4 Å². The molecule has 2 aromatic heterocycles. The molecule has 0 atom stereocenters. The summed E-state index contributed by atoms with van der Waals surface area (Å²) in [6.07, 6.45) is 0.734. The lowest BCUT2D eigenvalue weighted by Crippen LogP contribution is -2.41. The van der Waals surface area contributed by atoms with Crippen LogP contribution in [0.2, 0.25) is 23.2 Å². The molecular formula is C32H48ClN3O6SSi. The van der Waals surface area contributed by atoms with E-state index in [9.17, 15) is 9.59 Å². The third-order valence-corrected chi connectivity index (χ3v) is 14.0. The number of aryl methyl sites for hydroxylation is 3. The number of ether oxygens (including phenoxy) is 3. The van der Waals surface area contributed by atoms with Gasteiger partial charge in [0, 0.05) is 60.0 Å². The van der Waals surface area contributed by atoms with Crippen LogP contribution in [0, 0.1) is 13.8 Å². The number of thioether (sulfide) groups is 1. The minimum absolute atomic E-state index is 0.0113. The molecule has 0 spiro atoms. The molecule has 0 amide bonds. The van der Waals surface area contributed by atoms with Gasteiger partial charge in [-0.15, -0.1) is 0 Å². The zero-order chi connectivity index (χ0) is 32.8. The molecule has 2 heterocycles. The van der Waals surface area contributed by atoms with Crippen LogP contribution < -0.4 is 0 Å². The fourth-order valence-electron chi connectivity index (χ4n) is 5.07. The largest absolute Gasteiger partial charge is 0.464 e. The molecule has 1 aromatic carbocycles. The Morgan fingerprint density at radius 1 is 1.02 bits per heavy atom. The maximum atomic E-state index is 13.2. The van der Waals surface area contributed by atoms with Gasteiger partial charge in [0.05, 0.1) is 44.9 Å². The lowest BCUT2D eigenvalue weighted by Gasteiger charge is -2.36. The number of carbonyl (C=O) groups is 2. The molecule has 0 unspecified atom stereocenters. The number of esters is 1. The van der Waals surface area contributed by atoms with E-state index in [1.165, 1.54) is 18.9 Å². The zero-order valence-electron chi connectivity index (χ0n) is 27.9. The van der Waals surface area contributed by atoms with Crippen LogP contribution in [0.25, 0.3) is 22.0 Å². The molecule has 0 saturated heterocycles. The molecule has 44 heavy (non-hydrogen) atoms. The Morgan fingerprint density at radius 2 is 1.73 bits per heavy atom. The molecule has 3 rings (SSSR count). The zero-order valence-corrected chi connectivity index (χ0v) is 30.5. The molecule has 0 aliphatic carbocycles. The highest BCUT2D eigenvalue weighted by atomic mass is 35.5. The fourth-order valence-corrected chi connectivity index (χ4v) is 7.04. The van der Waals surface area contributed by atoms with Crippen molar-refractivity contribution in [2.75, 3.05) is 40.6 Å². The minimum Gasteiger partial charge on any atom is -0.464 e. The number of fused-ring (bicyclic) bond motifs is 1. The van der Waals surface area contributed by atoms with Crippen LogP contribution in [0.1, 0.15) is 61.6 Å². The van der Waals surface area contributed by atoms with E-state index >= 15 is 0 Å². The van der Waals surface area contributed by atoms with E-state index in [0.29, 0.717) is 56.0 Å². The Hall–Kier alpha value is -2.15. The summed E-state index contributed by atoms with van der Waals surface area (Å²) < 4.78 is 26.4. The first-order chi connectivity index (χ1) is 20.7. The second-order valence-electron chi connectivity index (χ2n) is 12.4. The third-order valence-electron chi connectivity index (χ3n) is 8.37. The average molecular weight is 666 g/mol. The number of hydrogen-bond acceptors (Lipinski definition) is 8. The molecule has 244 valence electrons. The van der Waals surface area contributed by atoms with Crippen LogP contribution in [-0.4, -0.2) is 74.4 Å². The highest BCUT2D eigenvalue weighted by molar-refractivity contribution is 8.12. The van der Waals surface area contributed by atoms with Crippen molar-refractivity contribution in [3.8, 4) is 11.1 Å². The lowest BCUT2D eigenvalue weighted by atomic mass is 9.97. The standard InChI is InChI=1S/C32H48ClN3O6SSi/c1-21-27-25(35(30(21)31(38)40-8)14-11-16-42-44(9,10)32(4,5)6)13-12-24(33)29(27)28-22(2)34-36(15-17-41-19-18-39-7)26(28)20-43-23(3)37/h12-13H,11,14-20H2,1-10H3. The van der Waals surface area contributed by atoms with Gasteiger partial charge in [-0.25, -0.2) is 4.79 Å². The number of carbonyl (C=O) groups excluding carboxylic acids is 2. The van der Waals surface area contributed by atoms with E-state index in [2.05, 4.69) is 33.9 Å². The van der Waals surface area contributed by atoms with E-state index in [-0.39, 0.29) is 10.2 Å². The maximum Gasteiger partial charge on any atom is 0.354 e. The predicted molar refractivity (Wildman–Crippen MR) is 181 cm³/mol. The number of halogens is 1. The van der Waals surface area contributed by atoms with Gasteiger partial charge in [-0.1, -0.05) is 44.1 Å². The first-order valence-electron chi connectivity index (χ1n) is 15.0. The highest BCUT2D eigenvalue weighted by Gasteiger charge is 2.37. The van der Waals surface area contributed by atoms with Gasteiger partial charge in [-0.05, 0) is 56.1 Å². The van der Waals surface area contributed by atoms with Gasteiger partial charge in [0.15, 0.2) is 13.4 Å². The van der Waals surface area contributed by atoms with Crippen LogP contribution in [0.4, 0.5) is 0 Å². The molecule has 0 radical (unpaired) electrons. The monoisotopic (exact) mass is 665 g/mol. The molecular weight excluding hydrogens is 618 g/mol. The Labute approximate surface area is 272 Å². The molecule has 3 aromatic rings. The molecule has 0 aliphatic heterocycles. The summed E-state index contributed by atoms with van der Waals surface area (Å²) in [7, 11) is 1.13. The van der Waals surface area contributed by atoms with Gasteiger partial charge in [-0.2, -0.15) is 5.10 Å². The van der Waals surface area contributed by atoms with Crippen LogP contribution in [0.3, 0.4) is 0 Å². The van der Waals surface area contributed by atoms with Crippen LogP contribution in [0.5, 0.6) is 0 Å². The SMILES string of the molecule is COCCOCCn1nc(C)c(-c2c(Cl)ccc3c2c(C)c(C(=O)OC)n3CCCO[Si](C)(C)C(C)(C)C)c1CSC(C)=O. The molecule has 0 fully saturated rings. The topological polar surface area (TPSA) is 93.8 Å². The van der Waals surface area contributed by atoms with Crippen LogP contribution in [0.15, 0.2) is 12.1 Å². The summed E-state index contributed by atoms with van der Waals surface area (Å²) in [5, 5.41) is 6.40. The van der Waals surface area contributed by atoms with Crippen molar-refractivity contribution in [2.24, 2.45) is 0 Å². The van der Waals surface area contributed by atoms with E-state index in [1.807, 2.05) is 35.2 Å². The highest BCUT2D eigenvalue weighted by Crippen LogP contribution is 2.43. The van der Waals surface area contributed by atoms with Gasteiger partial charge in [0.25, 0.3) is 0 Å². The summed E-state index contributed by atoms with van der Waals surface area (Å²) in [5.74, 6) is 0.0177. The van der Waals surface area contributed by atoms with E-state index in [0.717, 1.165) is 45.4 Å². The number of nitrogens with zero attached hydrogens (tertiary/aromatic N) is 3. The molecule has 12 heteroatoms. The maximum absolute atomic E-state index is 13.2. The van der Waals surface area contributed by atoms with E-state index in [1.54, 1.807) is 14.0 Å². The second kappa shape index (κ2) is 15.4. The molecule has 9 nitrogen and oxygen atoms in total. The van der Waals surface area contributed by atoms with Crippen molar-refractivity contribution < 1.29 is 28.2 Å². The van der Waals surface area contributed by atoms with Crippen molar-refractivity contribution in [3.05, 3.63) is 39.8 Å². The summed E-state index contributed by atoms with van der Waals surface area (Å²) in [5.41, 5.74) is 5.49. The molecule has 0 bridgehead atoms. The number of aromatic nitrogens is 3. The summed E-state index contributed by atoms with van der Waals surface area (Å²) >= 11 is 8.22. The third kappa shape index (κ3) is 8.16. The summed E-state index contributed by atoms with van der Waals surface area (Å²) in [6.45, 7) is 19.7. The Kier molecular flexibility index (Phi) is 12.7. The molecule has 0 saturated carbocycles. The van der Waals surface area contributed by atoms with Crippen molar-refractivity contribution in [3.63, 3.8) is 0 Å². The minimum atomic E-state index is -1.91. The molecule has 0 N–H and O–H groups in total. The Balaban J connectivity index is 2.13. The second-order valence-corrected chi connectivity index (χ2v) is 18.8. The van der Waals surface area contributed by atoms with Crippen molar-refractivity contribution in [2.45, 2.75) is 84.9 Å². The predicted octanol–water partition coefficient (Wildman–Crippen LogP) is 7.42. The van der Waals surface area contributed by atoms with E-state index in [4.69, 9.17) is 35.3 Å². The first-order valence-corrected chi connectivity index (χ1v) is 19.2.